The normalized spacial score (nSPS) is 14.9. The second-order valence-electron chi connectivity index (χ2n) is 6.80. The maximum absolute atomic E-state index is 5.99. The second-order valence-corrected chi connectivity index (χ2v) is 6.80. The number of fused-ring (bicyclic) bond motifs is 1. The fourth-order valence-corrected chi connectivity index (χ4v) is 3.19. The maximum atomic E-state index is 5.99. The third kappa shape index (κ3) is 5.15. The Morgan fingerprint density at radius 2 is 2.04 bits per heavy atom. The van der Waals surface area contributed by atoms with Gasteiger partial charge in [-0.2, -0.15) is 0 Å². The molecule has 2 heterocycles. The first-order valence-electron chi connectivity index (χ1n) is 9.94. The van der Waals surface area contributed by atoms with Crippen LogP contribution in [0.5, 0.6) is 11.5 Å². The fraction of sp³-hybridized carbons (Fsp3) is 0.550. The molecule has 0 fully saturated rings. The van der Waals surface area contributed by atoms with Crippen LogP contribution in [0.1, 0.15) is 38.3 Å². The Morgan fingerprint density at radius 3 is 2.82 bits per heavy atom. The number of ether oxygens (including phenoxy) is 2. The molecule has 0 bridgehead atoms. The lowest BCUT2D eigenvalue weighted by molar-refractivity contribution is 0.213. The van der Waals surface area contributed by atoms with Crippen LogP contribution in [0.25, 0.3) is 0 Å². The summed E-state index contributed by atoms with van der Waals surface area (Å²) in [6, 6.07) is 7.65. The second kappa shape index (κ2) is 9.96. The van der Waals surface area contributed by atoms with Crippen LogP contribution in [0.3, 0.4) is 0 Å². The fourth-order valence-electron chi connectivity index (χ4n) is 3.19. The van der Waals surface area contributed by atoms with E-state index in [4.69, 9.17) is 9.47 Å². The Balaban J connectivity index is 1.56. The first-order chi connectivity index (χ1) is 13.7. The molecule has 0 aliphatic carbocycles. The molecule has 0 saturated carbocycles. The predicted octanol–water partition coefficient (Wildman–Crippen LogP) is 2.15. The van der Waals surface area contributed by atoms with Crippen molar-refractivity contribution in [2.45, 2.75) is 52.3 Å². The molecule has 28 heavy (non-hydrogen) atoms. The molecule has 0 radical (unpaired) electrons. The van der Waals surface area contributed by atoms with Gasteiger partial charge >= 0.3 is 0 Å². The SMILES string of the molecule is CCNC(=NCc1nnc2n1CCCC2)NCC(C)Oc1ccccc1OC. The number of methoxy groups -OCH3 is 1. The number of nitrogens with one attached hydrogen (secondary N) is 2. The summed E-state index contributed by atoms with van der Waals surface area (Å²) in [5.41, 5.74) is 0. The molecule has 0 spiro atoms. The summed E-state index contributed by atoms with van der Waals surface area (Å²) in [5, 5.41) is 15.2. The van der Waals surface area contributed by atoms with Crippen LogP contribution in [-0.2, 0) is 19.5 Å². The average molecular weight is 387 g/mol. The number of hydrogen-bond donors (Lipinski definition) is 2. The zero-order chi connectivity index (χ0) is 19.8. The van der Waals surface area contributed by atoms with E-state index in [2.05, 4.69) is 30.4 Å². The molecule has 1 aliphatic heterocycles. The summed E-state index contributed by atoms with van der Waals surface area (Å²) in [7, 11) is 1.64. The van der Waals surface area contributed by atoms with Crippen molar-refractivity contribution in [1.29, 1.82) is 0 Å². The molecule has 1 unspecified atom stereocenters. The first-order valence-corrected chi connectivity index (χ1v) is 9.94. The third-order valence-corrected chi connectivity index (χ3v) is 4.61. The number of nitrogens with zero attached hydrogens (tertiary/aromatic N) is 4. The Bertz CT molecular complexity index is 789. The average Bonchev–Trinajstić information content (AvgIpc) is 3.13. The van der Waals surface area contributed by atoms with Crippen molar-refractivity contribution in [2.75, 3.05) is 20.2 Å². The number of guanidine groups is 1. The first kappa shape index (κ1) is 20.0. The van der Waals surface area contributed by atoms with Gasteiger partial charge in [0.1, 0.15) is 18.5 Å². The molecule has 2 aromatic rings. The Morgan fingerprint density at radius 1 is 1.21 bits per heavy atom. The summed E-state index contributed by atoms with van der Waals surface area (Å²) in [5.74, 6) is 4.20. The van der Waals surface area contributed by atoms with Crippen molar-refractivity contribution < 1.29 is 9.47 Å². The van der Waals surface area contributed by atoms with E-state index in [1.807, 2.05) is 38.1 Å². The number of aryl methyl sites for hydroxylation is 1. The quantitative estimate of drug-likeness (QED) is 0.534. The van der Waals surface area contributed by atoms with Crippen molar-refractivity contribution >= 4 is 5.96 Å². The monoisotopic (exact) mass is 386 g/mol. The molecule has 1 aromatic carbocycles. The minimum absolute atomic E-state index is 0.0546. The van der Waals surface area contributed by atoms with Crippen LogP contribution >= 0.6 is 0 Å². The highest BCUT2D eigenvalue weighted by atomic mass is 16.5. The summed E-state index contributed by atoms with van der Waals surface area (Å²) in [4.78, 5) is 4.67. The number of rotatable bonds is 8. The number of aliphatic imine (C=N–C) groups is 1. The predicted molar refractivity (Wildman–Crippen MR) is 109 cm³/mol. The Hall–Kier alpha value is -2.77. The highest BCUT2D eigenvalue weighted by Gasteiger charge is 2.15. The van der Waals surface area contributed by atoms with E-state index in [0.717, 1.165) is 48.6 Å². The van der Waals surface area contributed by atoms with E-state index < -0.39 is 0 Å². The summed E-state index contributed by atoms with van der Waals surface area (Å²) >= 11 is 0. The summed E-state index contributed by atoms with van der Waals surface area (Å²) in [6.07, 6.45) is 3.32. The highest BCUT2D eigenvalue weighted by Crippen LogP contribution is 2.26. The lowest BCUT2D eigenvalue weighted by Crippen LogP contribution is -2.41. The molecule has 8 nitrogen and oxygen atoms in total. The molecule has 0 saturated heterocycles. The Labute approximate surface area is 166 Å². The van der Waals surface area contributed by atoms with Gasteiger partial charge < -0.3 is 24.7 Å². The molecule has 1 aliphatic rings. The third-order valence-electron chi connectivity index (χ3n) is 4.61. The lowest BCUT2D eigenvalue weighted by Gasteiger charge is -2.19. The highest BCUT2D eigenvalue weighted by molar-refractivity contribution is 5.79. The minimum atomic E-state index is -0.0546. The molecule has 1 aromatic heterocycles. The summed E-state index contributed by atoms with van der Waals surface area (Å²) in [6.45, 7) is 6.95. The number of hydrogen-bond acceptors (Lipinski definition) is 5. The van der Waals surface area contributed by atoms with Crippen molar-refractivity contribution in [3.63, 3.8) is 0 Å². The van der Waals surface area contributed by atoms with E-state index in [1.54, 1.807) is 7.11 Å². The number of para-hydroxylation sites is 2. The minimum Gasteiger partial charge on any atom is -0.493 e. The van der Waals surface area contributed by atoms with Crippen molar-refractivity contribution in [3.05, 3.63) is 35.9 Å². The topological polar surface area (TPSA) is 85.6 Å². The summed E-state index contributed by atoms with van der Waals surface area (Å²) < 4.78 is 13.5. The van der Waals surface area contributed by atoms with E-state index in [-0.39, 0.29) is 6.10 Å². The zero-order valence-electron chi connectivity index (χ0n) is 16.9. The van der Waals surface area contributed by atoms with Gasteiger partial charge in [-0.15, -0.1) is 10.2 Å². The van der Waals surface area contributed by atoms with Gasteiger partial charge in [0.05, 0.1) is 13.7 Å². The standard InChI is InChI=1S/C20H30N6O2/c1-4-21-20(23-14-19-25-24-18-11-7-8-12-26(18)19)22-13-15(2)28-17-10-6-5-9-16(17)27-3/h5-6,9-10,15H,4,7-8,11-14H2,1-3H3,(H2,21,22,23). The van der Waals surface area contributed by atoms with Gasteiger partial charge in [-0.1, -0.05) is 12.1 Å². The van der Waals surface area contributed by atoms with Crippen LogP contribution in [0.15, 0.2) is 29.3 Å². The van der Waals surface area contributed by atoms with Gasteiger partial charge in [0.25, 0.3) is 0 Å². The van der Waals surface area contributed by atoms with Crippen LogP contribution in [0, 0.1) is 0 Å². The van der Waals surface area contributed by atoms with Crippen LogP contribution in [-0.4, -0.2) is 47.0 Å². The van der Waals surface area contributed by atoms with Crippen LogP contribution < -0.4 is 20.1 Å². The smallest absolute Gasteiger partial charge is 0.191 e. The van der Waals surface area contributed by atoms with E-state index >= 15 is 0 Å². The molecule has 8 heteroatoms. The molecule has 1 atom stereocenters. The molecular formula is C20H30N6O2. The largest absolute Gasteiger partial charge is 0.493 e. The van der Waals surface area contributed by atoms with Gasteiger partial charge in [-0.3, -0.25) is 0 Å². The molecule has 3 rings (SSSR count). The van der Waals surface area contributed by atoms with Crippen molar-refractivity contribution in [2.24, 2.45) is 4.99 Å². The zero-order valence-corrected chi connectivity index (χ0v) is 16.9. The molecule has 0 amide bonds. The van der Waals surface area contributed by atoms with Crippen LogP contribution in [0.2, 0.25) is 0 Å². The van der Waals surface area contributed by atoms with Gasteiger partial charge in [0.2, 0.25) is 0 Å². The number of aromatic nitrogens is 3. The van der Waals surface area contributed by atoms with E-state index in [9.17, 15) is 0 Å². The van der Waals surface area contributed by atoms with Crippen LogP contribution in [0.4, 0.5) is 0 Å². The van der Waals surface area contributed by atoms with E-state index in [1.165, 1.54) is 12.8 Å². The maximum Gasteiger partial charge on any atom is 0.191 e. The molecular weight excluding hydrogens is 356 g/mol. The Kier molecular flexibility index (Phi) is 7.11. The van der Waals surface area contributed by atoms with E-state index in [0.29, 0.717) is 13.1 Å². The van der Waals surface area contributed by atoms with Gasteiger partial charge in [0.15, 0.2) is 23.3 Å². The molecule has 2 N–H and O–H groups in total. The number of benzene rings is 1. The molecule has 152 valence electrons. The van der Waals surface area contributed by atoms with Gasteiger partial charge in [0, 0.05) is 19.5 Å². The lowest BCUT2D eigenvalue weighted by atomic mass is 10.2. The van der Waals surface area contributed by atoms with Gasteiger partial charge in [-0.25, -0.2) is 4.99 Å². The van der Waals surface area contributed by atoms with Crippen molar-refractivity contribution in [3.8, 4) is 11.5 Å². The van der Waals surface area contributed by atoms with Gasteiger partial charge in [-0.05, 0) is 38.8 Å². The van der Waals surface area contributed by atoms with Crippen molar-refractivity contribution in [1.82, 2.24) is 25.4 Å².